The van der Waals surface area contributed by atoms with Crippen LogP contribution in [0.3, 0.4) is 0 Å². The molecule has 18 heavy (non-hydrogen) atoms. The highest BCUT2D eigenvalue weighted by molar-refractivity contribution is 9.10. The molecule has 1 N–H and O–H groups in total. The van der Waals surface area contributed by atoms with E-state index in [1.807, 2.05) is 35.0 Å². The topological polar surface area (TPSA) is 38.7 Å². The fourth-order valence-corrected chi connectivity index (χ4v) is 3.45. The van der Waals surface area contributed by atoms with Crippen molar-refractivity contribution < 1.29 is 14.6 Å². The molecule has 1 aliphatic heterocycles. The number of hydrogen-bond donors (Lipinski definition) is 1. The lowest BCUT2D eigenvalue weighted by molar-refractivity contribution is -0.0114. The maximum absolute atomic E-state index is 10.3. The smallest absolute Gasteiger partial charge is 0.163 e. The van der Waals surface area contributed by atoms with Crippen molar-refractivity contribution in [1.29, 1.82) is 0 Å². The van der Waals surface area contributed by atoms with Crippen molar-refractivity contribution in [2.45, 2.75) is 12.2 Å². The summed E-state index contributed by atoms with van der Waals surface area (Å²) in [6.45, 7) is 0.348. The van der Waals surface area contributed by atoms with Crippen LogP contribution in [0.1, 0.15) is 11.7 Å². The first-order valence-electron chi connectivity index (χ1n) is 5.54. The summed E-state index contributed by atoms with van der Waals surface area (Å²) in [6.07, 6.45) is -1.08. The van der Waals surface area contributed by atoms with Crippen molar-refractivity contribution in [3.8, 4) is 11.5 Å². The molecule has 1 aliphatic rings. The second kappa shape index (κ2) is 4.91. The number of para-hydroxylation sites is 2. The van der Waals surface area contributed by atoms with E-state index in [1.165, 1.54) is 0 Å². The number of aliphatic hydroxyl groups is 1. The van der Waals surface area contributed by atoms with Gasteiger partial charge in [-0.15, -0.1) is 0 Å². The summed E-state index contributed by atoms with van der Waals surface area (Å²) in [5, 5.41) is 14.2. The van der Waals surface area contributed by atoms with Crippen LogP contribution in [0.5, 0.6) is 11.5 Å². The molecule has 0 bridgehead atoms. The maximum atomic E-state index is 10.3. The normalized spacial score (nSPS) is 19.6. The van der Waals surface area contributed by atoms with Gasteiger partial charge in [0.25, 0.3) is 0 Å². The Labute approximate surface area is 117 Å². The predicted octanol–water partition coefficient (Wildman–Crippen LogP) is 3.38. The molecule has 0 amide bonds. The van der Waals surface area contributed by atoms with Gasteiger partial charge in [-0.1, -0.05) is 12.1 Å². The second-order valence-electron chi connectivity index (χ2n) is 4.03. The van der Waals surface area contributed by atoms with Crippen LogP contribution < -0.4 is 9.47 Å². The molecular formula is C13H11BrO3S. The second-order valence-corrected chi connectivity index (χ2v) is 5.63. The van der Waals surface area contributed by atoms with Crippen LogP contribution in [0.4, 0.5) is 0 Å². The van der Waals surface area contributed by atoms with E-state index in [0.29, 0.717) is 12.4 Å². The lowest BCUT2D eigenvalue weighted by Crippen LogP contribution is -2.34. The monoisotopic (exact) mass is 326 g/mol. The van der Waals surface area contributed by atoms with E-state index in [9.17, 15) is 5.11 Å². The highest BCUT2D eigenvalue weighted by Crippen LogP contribution is 2.36. The molecule has 2 atom stereocenters. The quantitative estimate of drug-likeness (QED) is 0.919. The Bertz CT molecular complexity index is 555. The highest BCUT2D eigenvalue weighted by atomic mass is 79.9. The van der Waals surface area contributed by atoms with Crippen LogP contribution in [0.2, 0.25) is 0 Å². The molecule has 3 nitrogen and oxygen atoms in total. The van der Waals surface area contributed by atoms with E-state index in [1.54, 1.807) is 11.3 Å². The molecule has 1 aromatic heterocycles. The lowest BCUT2D eigenvalue weighted by atomic mass is 10.1. The molecule has 0 saturated carbocycles. The molecule has 2 heterocycles. The van der Waals surface area contributed by atoms with E-state index < -0.39 is 6.10 Å². The number of fused-ring (bicyclic) bond motifs is 1. The predicted molar refractivity (Wildman–Crippen MR) is 73.3 cm³/mol. The standard InChI is InChI=1S/C13H11BrO3S/c14-9-7-18-6-8(9)13(15)12-5-16-10-3-1-2-4-11(10)17-12/h1-4,6-7,12-13,15H,5H2. The minimum absolute atomic E-state index is 0.348. The average Bonchev–Trinajstić information content (AvgIpc) is 2.83. The van der Waals surface area contributed by atoms with E-state index in [2.05, 4.69) is 15.9 Å². The number of rotatable bonds is 2. The van der Waals surface area contributed by atoms with Gasteiger partial charge in [-0.2, -0.15) is 11.3 Å². The third-order valence-corrected chi connectivity index (χ3v) is 4.60. The van der Waals surface area contributed by atoms with Gasteiger partial charge in [0, 0.05) is 15.4 Å². The van der Waals surface area contributed by atoms with Crippen LogP contribution in [-0.2, 0) is 0 Å². The van der Waals surface area contributed by atoms with E-state index in [4.69, 9.17) is 9.47 Å². The van der Waals surface area contributed by atoms with Crippen LogP contribution in [-0.4, -0.2) is 17.8 Å². The highest BCUT2D eigenvalue weighted by Gasteiger charge is 2.29. The molecule has 1 aromatic carbocycles. The third-order valence-electron chi connectivity index (χ3n) is 2.84. The summed E-state index contributed by atoms with van der Waals surface area (Å²) in [7, 11) is 0. The van der Waals surface area contributed by atoms with Crippen molar-refractivity contribution in [2.75, 3.05) is 6.61 Å². The number of aliphatic hydroxyl groups excluding tert-OH is 1. The lowest BCUT2D eigenvalue weighted by Gasteiger charge is -2.29. The van der Waals surface area contributed by atoms with Crippen LogP contribution >= 0.6 is 27.3 Å². The fraction of sp³-hybridized carbons (Fsp3) is 0.231. The number of hydrogen-bond acceptors (Lipinski definition) is 4. The molecular weight excluding hydrogens is 316 g/mol. The van der Waals surface area contributed by atoms with Gasteiger partial charge in [0.1, 0.15) is 12.7 Å². The zero-order valence-corrected chi connectivity index (χ0v) is 11.8. The molecule has 0 saturated heterocycles. The van der Waals surface area contributed by atoms with Crippen molar-refractivity contribution in [2.24, 2.45) is 0 Å². The molecule has 3 rings (SSSR count). The maximum Gasteiger partial charge on any atom is 0.163 e. The van der Waals surface area contributed by atoms with Crippen LogP contribution in [0, 0.1) is 0 Å². The Morgan fingerprint density at radius 3 is 2.78 bits per heavy atom. The average molecular weight is 327 g/mol. The van der Waals surface area contributed by atoms with Gasteiger partial charge in [0.2, 0.25) is 0 Å². The zero-order valence-electron chi connectivity index (χ0n) is 9.38. The van der Waals surface area contributed by atoms with Crippen LogP contribution in [0.15, 0.2) is 39.5 Å². The van der Waals surface area contributed by atoms with E-state index in [-0.39, 0.29) is 6.10 Å². The van der Waals surface area contributed by atoms with Crippen molar-refractivity contribution in [3.05, 3.63) is 45.1 Å². The molecule has 5 heteroatoms. The fourth-order valence-electron chi connectivity index (χ4n) is 1.89. The summed E-state index contributed by atoms with van der Waals surface area (Å²) in [6, 6.07) is 7.49. The molecule has 0 aliphatic carbocycles. The summed E-state index contributed by atoms with van der Waals surface area (Å²) in [5.74, 6) is 1.41. The van der Waals surface area contributed by atoms with E-state index in [0.717, 1.165) is 15.8 Å². The number of halogens is 1. The third kappa shape index (κ3) is 2.13. The molecule has 0 spiro atoms. The first-order chi connectivity index (χ1) is 8.75. The largest absolute Gasteiger partial charge is 0.486 e. The summed E-state index contributed by atoms with van der Waals surface area (Å²) >= 11 is 4.96. The molecule has 2 aromatic rings. The summed E-state index contributed by atoms with van der Waals surface area (Å²) in [4.78, 5) is 0. The van der Waals surface area contributed by atoms with Gasteiger partial charge in [0.05, 0.1) is 0 Å². The summed E-state index contributed by atoms with van der Waals surface area (Å²) < 4.78 is 12.3. The van der Waals surface area contributed by atoms with Crippen molar-refractivity contribution in [3.63, 3.8) is 0 Å². The Morgan fingerprint density at radius 2 is 2.06 bits per heavy atom. The number of thiophene rings is 1. The Morgan fingerprint density at radius 1 is 1.28 bits per heavy atom. The first-order valence-corrected chi connectivity index (χ1v) is 7.27. The first kappa shape index (κ1) is 12.0. The molecule has 94 valence electrons. The van der Waals surface area contributed by atoms with E-state index >= 15 is 0 Å². The molecule has 2 unspecified atom stereocenters. The van der Waals surface area contributed by atoms with Crippen LogP contribution in [0.25, 0.3) is 0 Å². The van der Waals surface area contributed by atoms with Gasteiger partial charge >= 0.3 is 0 Å². The molecule has 0 fully saturated rings. The van der Waals surface area contributed by atoms with Crippen molar-refractivity contribution in [1.82, 2.24) is 0 Å². The molecule has 0 radical (unpaired) electrons. The van der Waals surface area contributed by atoms with Gasteiger partial charge in [-0.05, 0) is 33.4 Å². The van der Waals surface area contributed by atoms with Gasteiger partial charge in [0.15, 0.2) is 17.6 Å². The minimum Gasteiger partial charge on any atom is -0.486 e. The van der Waals surface area contributed by atoms with Gasteiger partial charge < -0.3 is 14.6 Å². The Balaban J connectivity index is 1.82. The number of ether oxygens (including phenoxy) is 2. The summed E-state index contributed by atoms with van der Waals surface area (Å²) in [5.41, 5.74) is 0.841. The van der Waals surface area contributed by atoms with Crippen molar-refractivity contribution >= 4 is 27.3 Å². The Hall–Kier alpha value is -1.04. The SMILES string of the molecule is OC(c1cscc1Br)C1COc2ccccc2O1. The zero-order chi connectivity index (χ0) is 12.5. The number of benzene rings is 1. The Kier molecular flexibility index (Phi) is 3.28. The van der Waals surface area contributed by atoms with Gasteiger partial charge in [-0.3, -0.25) is 0 Å². The van der Waals surface area contributed by atoms with Gasteiger partial charge in [-0.25, -0.2) is 0 Å². The minimum atomic E-state index is -0.695.